The smallest absolute Gasteiger partial charge is 0.412 e. The van der Waals surface area contributed by atoms with Crippen LogP contribution in [0, 0.1) is 6.92 Å². The molecule has 1 heterocycles. The minimum atomic E-state index is -0.629. The first-order valence-electron chi connectivity index (χ1n) is 9.90. The van der Waals surface area contributed by atoms with Crippen LogP contribution in [-0.4, -0.2) is 69.1 Å². The van der Waals surface area contributed by atoms with E-state index < -0.39 is 11.7 Å². The number of nitrogens with one attached hydrogen (secondary N) is 2. The molecule has 2 amide bonds. The van der Waals surface area contributed by atoms with E-state index in [0.717, 1.165) is 30.8 Å². The number of aryl methyl sites for hydroxylation is 1. The fraction of sp³-hybridized carbons (Fsp3) is 0.619. The SMILES string of the molecule is COCCNC(=O)c1cc(CN2CCOCC2)c(C)cc1NC(=O)OC(C)(C)C. The van der Waals surface area contributed by atoms with Gasteiger partial charge in [-0.3, -0.25) is 15.0 Å². The van der Waals surface area contributed by atoms with E-state index in [1.165, 1.54) is 0 Å². The van der Waals surface area contributed by atoms with Crippen LogP contribution in [0.15, 0.2) is 12.1 Å². The van der Waals surface area contributed by atoms with Crippen molar-refractivity contribution in [1.82, 2.24) is 10.2 Å². The molecule has 1 fully saturated rings. The second-order valence-corrected chi connectivity index (χ2v) is 8.09. The number of anilines is 1. The highest BCUT2D eigenvalue weighted by Gasteiger charge is 2.21. The zero-order valence-corrected chi connectivity index (χ0v) is 18.1. The zero-order valence-electron chi connectivity index (χ0n) is 18.1. The molecule has 1 aromatic rings. The Morgan fingerprint density at radius 2 is 1.90 bits per heavy atom. The summed E-state index contributed by atoms with van der Waals surface area (Å²) in [5.41, 5.74) is 2.24. The van der Waals surface area contributed by atoms with Crippen LogP contribution in [0.4, 0.5) is 10.5 Å². The molecule has 8 heteroatoms. The number of amides is 2. The van der Waals surface area contributed by atoms with Crippen LogP contribution in [0.25, 0.3) is 0 Å². The van der Waals surface area contributed by atoms with Gasteiger partial charge in [0.25, 0.3) is 5.91 Å². The third kappa shape index (κ3) is 7.64. The van der Waals surface area contributed by atoms with Gasteiger partial charge in [0, 0.05) is 33.3 Å². The molecule has 0 spiro atoms. The maximum absolute atomic E-state index is 12.8. The Morgan fingerprint density at radius 1 is 1.21 bits per heavy atom. The van der Waals surface area contributed by atoms with Crippen molar-refractivity contribution < 1.29 is 23.8 Å². The number of ether oxygens (including phenoxy) is 3. The molecular formula is C21H33N3O5. The second kappa shape index (κ2) is 10.6. The van der Waals surface area contributed by atoms with Crippen molar-refractivity contribution in [2.45, 2.75) is 39.8 Å². The van der Waals surface area contributed by atoms with E-state index in [1.807, 2.05) is 19.1 Å². The quantitative estimate of drug-likeness (QED) is 0.676. The molecule has 0 aliphatic carbocycles. The standard InChI is InChI=1S/C21H33N3O5/c1-15-12-18(23-20(26)29-21(2,3)4)17(19(25)22-6-9-27-5)13-16(15)14-24-7-10-28-11-8-24/h12-13H,6-11,14H2,1-5H3,(H,22,25)(H,23,26). The molecule has 0 bridgehead atoms. The maximum Gasteiger partial charge on any atom is 0.412 e. The Balaban J connectivity index is 2.25. The van der Waals surface area contributed by atoms with Gasteiger partial charge in [-0.2, -0.15) is 0 Å². The molecule has 1 aromatic carbocycles. The normalized spacial score (nSPS) is 15.1. The van der Waals surface area contributed by atoms with Crippen LogP contribution in [-0.2, 0) is 20.8 Å². The van der Waals surface area contributed by atoms with E-state index in [0.29, 0.717) is 37.6 Å². The Bertz CT molecular complexity index is 709. The molecule has 162 valence electrons. The fourth-order valence-electron chi connectivity index (χ4n) is 2.99. The molecule has 2 N–H and O–H groups in total. The fourth-order valence-corrected chi connectivity index (χ4v) is 2.99. The topological polar surface area (TPSA) is 89.1 Å². The first kappa shape index (κ1) is 23.1. The lowest BCUT2D eigenvalue weighted by molar-refractivity contribution is 0.0341. The van der Waals surface area contributed by atoms with Crippen LogP contribution in [0.2, 0.25) is 0 Å². The van der Waals surface area contributed by atoms with Gasteiger partial charge in [-0.05, 0) is 51.0 Å². The molecule has 1 aliphatic rings. The lowest BCUT2D eigenvalue weighted by Crippen LogP contribution is -2.36. The summed E-state index contributed by atoms with van der Waals surface area (Å²) >= 11 is 0. The molecule has 8 nitrogen and oxygen atoms in total. The third-order valence-corrected chi connectivity index (χ3v) is 4.45. The van der Waals surface area contributed by atoms with Crippen LogP contribution in [0.3, 0.4) is 0 Å². The van der Waals surface area contributed by atoms with E-state index in [2.05, 4.69) is 15.5 Å². The Hall–Kier alpha value is -2.16. The van der Waals surface area contributed by atoms with E-state index in [9.17, 15) is 9.59 Å². The van der Waals surface area contributed by atoms with Gasteiger partial charge >= 0.3 is 6.09 Å². The number of carbonyl (C=O) groups is 2. The van der Waals surface area contributed by atoms with E-state index in [4.69, 9.17) is 14.2 Å². The van der Waals surface area contributed by atoms with Gasteiger partial charge < -0.3 is 19.5 Å². The highest BCUT2D eigenvalue weighted by molar-refractivity contribution is 6.03. The van der Waals surface area contributed by atoms with Gasteiger partial charge in [-0.1, -0.05) is 0 Å². The number of hydrogen-bond acceptors (Lipinski definition) is 6. The molecule has 2 rings (SSSR count). The minimum absolute atomic E-state index is 0.267. The Morgan fingerprint density at radius 3 is 2.52 bits per heavy atom. The number of carbonyl (C=O) groups excluding carboxylic acids is 2. The van der Waals surface area contributed by atoms with Crippen molar-refractivity contribution in [3.8, 4) is 0 Å². The second-order valence-electron chi connectivity index (χ2n) is 8.09. The molecule has 29 heavy (non-hydrogen) atoms. The number of rotatable bonds is 7. The van der Waals surface area contributed by atoms with Gasteiger partial charge in [-0.15, -0.1) is 0 Å². The first-order chi connectivity index (χ1) is 13.7. The number of nitrogens with zero attached hydrogens (tertiary/aromatic N) is 1. The van der Waals surface area contributed by atoms with Gasteiger partial charge in [0.2, 0.25) is 0 Å². The largest absolute Gasteiger partial charge is 0.444 e. The van der Waals surface area contributed by atoms with Crippen molar-refractivity contribution in [1.29, 1.82) is 0 Å². The van der Waals surface area contributed by atoms with Crippen molar-refractivity contribution in [2.24, 2.45) is 0 Å². The van der Waals surface area contributed by atoms with Crippen molar-refractivity contribution in [3.63, 3.8) is 0 Å². The van der Waals surface area contributed by atoms with E-state index in [-0.39, 0.29) is 5.91 Å². The van der Waals surface area contributed by atoms with Gasteiger partial charge in [0.05, 0.1) is 31.1 Å². The highest BCUT2D eigenvalue weighted by Crippen LogP contribution is 2.24. The van der Waals surface area contributed by atoms with Crippen LogP contribution < -0.4 is 10.6 Å². The third-order valence-electron chi connectivity index (χ3n) is 4.45. The molecule has 0 saturated carbocycles. The van der Waals surface area contributed by atoms with Crippen molar-refractivity contribution in [3.05, 3.63) is 28.8 Å². The average molecular weight is 408 g/mol. The number of morpholine rings is 1. The van der Waals surface area contributed by atoms with E-state index in [1.54, 1.807) is 27.9 Å². The summed E-state index contributed by atoms with van der Waals surface area (Å²) in [5.74, 6) is -0.267. The minimum Gasteiger partial charge on any atom is -0.444 e. The highest BCUT2D eigenvalue weighted by atomic mass is 16.6. The average Bonchev–Trinajstić information content (AvgIpc) is 2.63. The van der Waals surface area contributed by atoms with Crippen LogP contribution in [0.5, 0.6) is 0 Å². The molecular weight excluding hydrogens is 374 g/mol. The summed E-state index contributed by atoms with van der Waals surface area (Å²) in [6, 6.07) is 3.67. The summed E-state index contributed by atoms with van der Waals surface area (Å²) in [7, 11) is 1.58. The molecule has 0 atom stereocenters. The number of methoxy groups -OCH3 is 1. The van der Waals surface area contributed by atoms with Crippen LogP contribution >= 0.6 is 0 Å². The zero-order chi connectivity index (χ0) is 21.4. The Kier molecular flexibility index (Phi) is 8.43. The molecule has 0 unspecified atom stereocenters. The van der Waals surface area contributed by atoms with Gasteiger partial charge in [0.1, 0.15) is 5.60 Å². The van der Waals surface area contributed by atoms with Crippen molar-refractivity contribution >= 4 is 17.7 Å². The molecule has 0 radical (unpaired) electrons. The lowest BCUT2D eigenvalue weighted by Gasteiger charge is -2.27. The number of benzene rings is 1. The molecule has 1 saturated heterocycles. The summed E-state index contributed by atoms with van der Waals surface area (Å²) < 4.78 is 15.7. The van der Waals surface area contributed by atoms with Crippen LogP contribution in [0.1, 0.15) is 42.3 Å². The predicted molar refractivity (Wildman–Crippen MR) is 111 cm³/mol. The van der Waals surface area contributed by atoms with Crippen molar-refractivity contribution in [2.75, 3.05) is 51.9 Å². The van der Waals surface area contributed by atoms with Gasteiger partial charge in [-0.25, -0.2) is 4.79 Å². The van der Waals surface area contributed by atoms with Gasteiger partial charge in [0.15, 0.2) is 0 Å². The summed E-state index contributed by atoms with van der Waals surface area (Å²) in [6.07, 6.45) is -0.594. The summed E-state index contributed by atoms with van der Waals surface area (Å²) in [6.45, 7) is 12.0. The maximum atomic E-state index is 12.8. The van der Waals surface area contributed by atoms with E-state index >= 15 is 0 Å². The molecule has 1 aliphatic heterocycles. The Labute approximate surface area is 172 Å². The summed E-state index contributed by atoms with van der Waals surface area (Å²) in [5, 5.41) is 5.55. The lowest BCUT2D eigenvalue weighted by atomic mass is 10.0. The predicted octanol–water partition coefficient (Wildman–Crippen LogP) is 2.55. The monoisotopic (exact) mass is 407 g/mol. The summed E-state index contributed by atoms with van der Waals surface area (Å²) in [4.78, 5) is 27.3. The number of hydrogen-bond donors (Lipinski definition) is 2. The molecule has 0 aromatic heterocycles. The first-order valence-corrected chi connectivity index (χ1v) is 9.90.